The lowest BCUT2D eigenvalue weighted by atomic mass is 9.90. The molecule has 138 valence electrons. The van der Waals surface area contributed by atoms with Crippen molar-refractivity contribution >= 4 is 30.7 Å². The second-order valence-corrected chi connectivity index (χ2v) is 6.41. The Hall–Kier alpha value is -1.63. The van der Waals surface area contributed by atoms with Gasteiger partial charge < -0.3 is 15.1 Å². The van der Waals surface area contributed by atoms with E-state index in [-0.39, 0.29) is 48.4 Å². The highest BCUT2D eigenvalue weighted by Crippen LogP contribution is 2.29. The lowest BCUT2D eigenvalue weighted by Crippen LogP contribution is -2.35. The minimum Gasteiger partial charge on any atom is -0.444 e. The second kappa shape index (κ2) is 8.65. The lowest BCUT2D eigenvalue weighted by molar-refractivity contribution is -0.129. The number of aromatic nitrogens is 1. The predicted molar refractivity (Wildman–Crippen MR) is 98.5 cm³/mol. The fraction of sp³-hybridized carbons (Fsp3) is 0.412. The molecule has 1 aromatic carbocycles. The maximum atomic E-state index is 12.9. The van der Waals surface area contributed by atoms with Crippen molar-refractivity contribution in [3.63, 3.8) is 0 Å². The summed E-state index contributed by atoms with van der Waals surface area (Å²) < 4.78 is 18.3. The molecule has 1 amide bonds. The van der Waals surface area contributed by atoms with Crippen LogP contribution in [0.3, 0.4) is 0 Å². The molecule has 0 spiro atoms. The van der Waals surface area contributed by atoms with Crippen LogP contribution in [0.25, 0.3) is 11.5 Å². The number of benzene rings is 1. The predicted octanol–water partition coefficient (Wildman–Crippen LogP) is 3.06. The van der Waals surface area contributed by atoms with E-state index in [1.165, 1.54) is 18.4 Å². The van der Waals surface area contributed by atoms with Gasteiger partial charge in [0.2, 0.25) is 11.8 Å². The molecule has 1 fully saturated rings. The first-order chi connectivity index (χ1) is 11.0. The SMILES string of the molecule is CC1(CN)CCN(C(=O)Cc2coc(-c3ccc(F)cc3)n2)C1.Cl.Cl. The van der Waals surface area contributed by atoms with Crippen molar-refractivity contribution in [2.75, 3.05) is 19.6 Å². The lowest BCUT2D eigenvalue weighted by Gasteiger charge is -2.22. The van der Waals surface area contributed by atoms with E-state index in [2.05, 4.69) is 11.9 Å². The third-order valence-electron chi connectivity index (χ3n) is 4.38. The van der Waals surface area contributed by atoms with Gasteiger partial charge in [0.05, 0.1) is 12.1 Å². The van der Waals surface area contributed by atoms with Gasteiger partial charge in [0.1, 0.15) is 12.1 Å². The average molecular weight is 390 g/mol. The van der Waals surface area contributed by atoms with Gasteiger partial charge in [-0.2, -0.15) is 0 Å². The molecule has 1 atom stereocenters. The summed E-state index contributed by atoms with van der Waals surface area (Å²) in [7, 11) is 0. The zero-order valence-corrected chi connectivity index (χ0v) is 15.5. The Kier molecular flexibility index (Phi) is 7.41. The van der Waals surface area contributed by atoms with Crippen LogP contribution in [0, 0.1) is 11.2 Å². The first-order valence-corrected chi connectivity index (χ1v) is 7.67. The molecule has 25 heavy (non-hydrogen) atoms. The van der Waals surface area contributed by atoms with Crippen molar-refractivity contribution in [2.24, 2.45) is 11.1 Å². The molecule has 8 heteroatoms. The second-order valence-electron chi connectivity index (χ2n) is 6.41. The Morgan fingerprint density at radius 2 is 2.04 bits per heavy atom. The minimum absolute atomic E-state index is 0. The van der Waals surface area contributed by atoms with Gasteiger partial charge in [-0.25, -0.2) is 9.37 Å². The van der Waals surface area contributed by atoms with E-state index in [1.807, 2.05) is 4.90 Å². The van der Waals surface area contributed by atoms with Crippen LogP contribution in [0.4, 0.5) is 4.39 Å². The van der Waals surface area contributed by atoms with Crippen LogP contribution in [0.5, 0.6) is 0 Å². The molecular weight excluding hydrogens is 368 g/mol. The van der Waals surface area contributed by atoms with Crippen LogP contribution in [0.2, 0.25) is 0 Å². The average Bonchev–Trinajstić information content (AvgIpc) is 3.16. The Balaban J connectivity index is 0.00000156. The number of hydrogen-bond donors (Lipinski definition) is 1. The van der Waals surface area contributed by atoms with Crippen LogP contribution in [0.15, 0.2) is 34.9 Å². The Morgan fingerprint density at radius 1 is 1.36 bits per heavy atom. The summed E-state index contributed by atoms with van der Waals surface area (Å²) >= 11 is 0. The first kappa shape index (κ1) is 21.4. The molecule has 1 aliphatic heterocycles. The minimum atomic E-state index is -0.312. The summed E-state index contributed by atoms with van der Waals surface area (Å²) in [4.78, 5) is 18.5. The summed E-state index contributed by atoms with van der Waals surface area (Å²) in [5, 5.41) is 0. The third kappa shape index (κ3) is 4.93. The van der Waals surface area contributed by atoms with E-state index < -0.39 is 0 Å². The quantitative estimate of drug-likeness (QED) is 0.871. The number of halogens is 3. The zero-order chi connectivity index (χ0) is 16.4. The molecule has 0 aliphatic carbocycles. The molecule has 5 nitrogen and oxygen atoms in total. The highest BCUT2D eigenvalue weighted by atomic mass is 35.5. The Morgan fingerprint density at radius 3 is 2.64 bits per heavy atom. The van der Waals surface area contributed by atoms with E-state index in [4.69, 9.17) is 10.2 Å². The number of likely N-dealkylation sites (tertiary alicyclic amines) is 1. The van der Waals surface area contributed by atoms with E-state index in [9.17, 15) is 9.18 Å². The topological polar surface area (TPSA) is 72.4 Å². The van der Waals surface area contributed by atoms with Crippen LogP contribution in [-0.2, 0) is 11.2 Å². The van der Waals surface area contributed by atoms with Gasteiger partial charge in [-0.15, -0.1) is 24.8 Å². The number of nitrogens with two attached hydrogens (primary N) is 1. The third-order valence-corrected chi connectivity index (χ3v) is 4.38. The highest BCUT2D eigenvalue weighted by molar-refractivity contribution is 5.85. The molecule has 0 radical (unpaired) electrons. The van der Waals surface area contributed by atoms with Crippen LogP contribution < -0.4 is 5.73 Å². The van der Waals surface area contributed by atoms with Crippen molar-refractivity contribution in [2.45, 2.75) is 19.8 Å². The molecule has 0 saturated carbocycles. The largest absolute Gasteiger partial charge is 0.444 e. The van der Waals surface area contributed by atoms with E-state index >= 15 is 0 Å². The number of rotatable bonds is 4. The van der Waals surface area contributed by atoms with Crippen molar-refractivity contribution < 1.29 is 13.6 Å². The molecule has 1 aromatic heterocycles. The van der Waals surface area contributed by atoms with Crippen molar-refractivity contribution in [3.8, 4) is 11.5 Å². The number of hydrogen-bond acceptors (Lipinski definition) is 4. The van der Waals surface area contributed by atoms with E-state index in [0.717, 1.165) is 13.0 Å². The Labute approximate surface area is 158 Å². The maximum Gasteiger partial charge on any atom is 0.228 e. The maximum absolute atomic E-state index is 12.9. The summed E-state index contributed by atoms with van der Waals surface area (Å²) in [6.45, 7) is 4.10. The molecule has 3 rings (SSSR count). The Bertz CT molecular complexity index is 708. The van der Waals surface area contributed by atoms with Crippen LogP contribution >= 0.6 is 24.8 Å². The monoisotopic (exact) mass is 389 g/mol. The number of amides is 1. The zero-order valence-electron chi connectivity index (χ0n) is 13.9. The number of nitrogens with zero attached hydrogens (tertiary/aromatic N) is 2. The van der Waals surface area contributed by atoms with Gasteiger partial charge in [-0.3, -0.25) is 4.79 Å². The fourth-order valence-electron chi connectivity index (χ4n) is 2.78. The van der Waals surface area contributed by atoms with Crippen LogP contribution in [0.1, 0.15) is 19.0 Å². The number of carbonyl (C=O) groups is 1. The first-order valence-electron chi connectivity index (χ1n) is 7.67. The van der Waals surface area contributed by atoms with Gasteiger partial charge in [-0.05, 0) is 42.6 Å². The molecule has 1 saturated heterocycles. The molecule has 2 N–H and O–H groups in total. The van der Waals surface area contributed by atoms with Gasteiger partial charge in [0.15, 0.2) is 0 Å². The summed E-state index contributed by atoms with van der Waals surface area (Å²) in [5.41, 5.74) is 7.04. The fourth-order valence-corrected chi connectivity index (χ4v) is 2.78. The normalized spacial score (nSPS) is 19.2. The summed E-state index contributed by atoms with van der Waals surface area (Å²) in [5.74, 6) is 0.106. The summed E-state index contributed by atoms with van der Waals surface area (Å²) in [6.07, 6.45) is 2.61. The van der Waals surface area contributed by atoms with E-state index in [1.54, 1.807) is 12.1 Å². The van der Waals surface area contributed by atoms with Crippen LogP contribution in [-0.4, -0.2) is 35.4 Å². The van der Waals surface area contributed by atoms with Crippen molar-refractivity contribution in [1.29, 1.82) is 0 Å². The van der Waals surface area contributed by atoms with Gasteiger partial charge in [-0.1, -0.05) is 6.92 Å². The van der Waals surface area contributed by atoms with Crippen molar-refractivity contribution in [3.05, 3.63) is 42.0 Å². The number of oxazole rings is 1. The van der Waals surface area contributed by atoms with E-state index in [0.29, 0.717) is 30.2 Å². The molecule has 2 aromatic rings. The highest BCUT2D eigenvalue weighted by Gasteiger charge is 2.34. The van der Waals surface area contributed by atoms with Gasteiger partial charge in [0.25, 0.3) is 0 Å². The standard InChI is InChI=1S/C17H20FN3O2.2ClH/c1-17(10-19)6-7-21(11-17)15(22)8-14-9-23-16(20-14)12-2-4-13(18)5-3-12;;/h2-5,9H,6-8,10-11,19H2,1H3;2*1H. The molecular formula is C17H22Cl2FN3O2. The van der Waals surface area contributed by atoms with Gasteiger partial charge >= 0.3 is 0 Å². The molecule has 0 bridgehead atoms. The molecule has 1 unspecified atom stereocenters. The smallest absolute Gasteiger partial charge is 0.228 e. The molecule has 2 heterocycles. The van der Waals surface area contributed by atoms with Crippen molar-refractivity contribution in [1.82, 2.24) is 9.88 Å². The number of carbonyl (C=O) groups excluding carboxylic acids is 1. The molecule has 1 aliphatic rings. The van der Waals surface area contributed by atoms with Gasteiger partial charge in [0, 0.05) is 18.7 Å². The summed E-state index contributed by atoms with van der Waals surface area (Å²) in [6, 6.07) is 5.89.